The second-order valence-corrected chi connectivity index (χ2v) is 9.05. The van der Waals surface area contributed by atoms with Crippen molar-refractivity contribution in [1.82, 2.24) is 14.9 Å². The van der Waals surface area contributed by atoms with E-state index in [-0.39, 0.29) is 36.7 Å². The molecule has 36 heavy (non-hydrogen) atoms. The van der Waals surface area contributed by atoms with E-state index in [2.05, 4.69) is 15.6 Å². The molecular formula is C26H28ClN5O4. The fourth-order valence-electron chi connectivity index (χ4n) is 3.91. The molecule has 1 atom stereocenters. The van der Waals surface area contributed by atoms with E-state index in [1.165, 1.54) is 0 Å². The number of imidazole rings is 1. The molecule has 2 aromatic carbocycles. The Labute approximate surface area is 214 Å². The summed E-state index contributed by atoms with van der Waals surface area (Å²) in [6.45, 7) is 3.35. The first-order valence-electron chi connectivity index (χ1n) is 11.7. The van der Waals surface area contributed by atoms with Gasteiger partial charge in [0.05, 0.1) is 12.2 Å². The van der Waals surface area contributed by atoms with Gasteiger partial charge in [0.15, 0.2) is 6.61 Å². The molecule has 0 bridgehead atoms. The number of hydrogen-bond donors (Lipinski definition) is 2. The summed E-state index contributed by atoms with van der Waals surface area (Å²) in [5.41, 5.74) is 2.21. The summed E-state index contributed by atoms with van der Waals surface area (Å²) < 4.78 is 7.51. The average Bonchev–Trinajstić information content (AvgIpc) is 3.53. The molecule has 0 unspecified atom stereocenters. The predicted molar refractivity (Wildman–Crippen MR) is 137 cm³/mol. The normalized spacial score (nSPS) is 15.1. The van der Waals surface area contributed by atoms with Gasteiger partial charge in [-0.25, -0.2) is 4.98 Å². The van der Waals surface area contributed by atoms with Crippen LogP contribution in [0.4, 0.5) is 11.4 Å². The number of nitrogens with zero attached hydrogens (tertiary/aromatic N) is 3. The summed E-state index contributed by atoms with van der Waals surface area (Å²) in [6, 6.07) is 12.2. The minimum atomic E-state index is -0.388. The van der Waals surface area contributed by atoms with Crippen LogP contribution in [0.15, 0.2) is 61.2 Å². The largest absolute Gasteiger partial charge is 0.484 e. The highest BCUT2D eigenvalue weighted by Gasteiger charge is 2.34. The van der Waals surface area contributed by atoms with Crippen LogP contribution in [0.25, 0.3) is 0 Å². The Kier molecular flexibility index (Phi) is 8.22. The van der Waals surface area contributed by atoms with Crippen molar-refractivity contribution in [2.24, 2.45) is 5.92 Å². The molecule has 0 spiro atoms. The molecule has 1 fully saturated rings. The van der Waals surface area contributed by atoms with Gasteiger partial charge in [-0.1, -0.05) is 17.7 Å². The second-order valence-electron chi connectivity index (χ2n) is 8.65. The van der Waals surface area contributed by atoms with Crippen LogP contribution in [0.2, 0.25) is 5.02 Å². The van der Waals surface area contributed by atoms with E-state index in [4.69, 9.17) is 16.3 Å². The van der Waals surface area contributed by atoms with Crippen LogP contribution in [0.1, 0.15) is 18.4 Å². The van der Waals surface area contributed by atoms with E-state index in [0.717, 1.165) is 18.5 Å². The zero-order valence-electron chi connectivity index (χ0n) is 19.9. The highest BCUT2D eigenvalue weighted by molar-refractivity contribution is 6.31. The number of hydrogen-bond acceptors (Lipinski definition) is 5. The molecule has 1 aliphatic heterocycles. The van der Waals surface area contributed by atoms with Gasteiger partial charge < -0.3 is 24.8 Å². The molecule has 4 rings (SSSR count). The standard InChI is InChI=1S/C26H28ClN5O4/c1-18-3-4-20(14-23(18)27)30-24(33)16-36-22-7-5-21(6-8-22)32-15-19(13-25(32)34)26(35)29-9-2-11-31-12-10-28-17-31/h3-8,10,12,14,17,19H,2,9,11,13,15-16H2,1H3,(H,29,35)(H,30,33)/t19-/m1/s1. The maximum Gasteiger partial charge on any atom is 0.262 e. The molecule has 2 heterocycles. The Hall–Kier alpha value is -3.85. The Morgan fingerprint density at radius 1 is 1.19 bits per heavy atom. The van der Waals surface area contributed by atoms with Gasteiger partial charge in [-0.3, -0.25) is 14.4 Å². The van der Waals surface area contributed by atoms with Crippen LogP contribution in [0.3, 0.4) is 0 Å². The third kappa shape index (κ3) is 6.63. The molecule has 1 saturated heterocycles. The van der Waals surface area contributed by atoms with Crippen molar-refractivity contribution in [3.8, 4) is 5.75 Å². The number of anilines is 2. The monoisotopic (exact) mass is 509 g/mol. The molecule has 0 aliphatic carbocycles. The van der Waals surface area contributed by atoms with Crippen LogP contribution in [-0.2, 0) is 20.9 Å². The van der Waals surface area contributed by atoms with E-state index in [1.807, 2.05) is 23.8 Å². The molecular weight excluding hydrogens is 482 g/mol. The topological polar surface area (TPSA) is 106 Å². The number of ether oxygens (including phenoxy) is 1. The van der Waals surface area contributed by atoms with Crippen molar-refractivity contribution < 1.29 is 19.1 Å². The van der Waals surface area contributed by atoms with Gasteiger partial charge in [-0.15, -0.1) is 0 Å². The minimum Gasteiger partial charge on any atom is -0.484 e. The first-order chi connectivity index (χ1) is 17.4. The number of amides is 3. The van der Waals surface area contributed by atoms with Crippen molar-refractivity contribution in [2.45, 2.75) is 26.3 Å². The van der Waals surface area contributed by atoms with Crippen LogP contribution in [0, 0.1) is 12.8 Å². The van der Waals surface area contributed by atoms with E-state index < -0.39 is 0 Å². The Balaban J connectivity index is 1.22. The zero-order valence-corrected chi connectivity index (χ0v) is 20.7. The number of nitrogens with one attached hydrogen (secondary N) is 2. The van der Waals surface area contributed by atoms with Gasteiger partial charge >= 0.3 is 0 Å². The lowest BCUT2D eigenvalue weighted by Crippen LogP contribution is -2.33. The summed E-state index contributed by atoms with van der Waals surface area (Å²) in [6.07, 6.45) is 6.29. The number of halogens is 1. The van der Waals surface area contributed by atoms with Gasteiger partial charge in [-0.05, 0) is 55.3 Å². The van der Waals surface area contributed by atoms with E-state index in [0.29, 0.717) is 35.2 Å². The molecule has 9 nitrogen and oxygen atoms in total. The van der Waals surface area contributed by atoms with Crippen molar-refractivity contribution in [3.05, 3.63) is 71.8 Å². The lowest BCUT2D eigenvalue weighted by atomic mass is 10.1. The summed E-state index contributed by atoms with van der Waals surface area (Å²) in [5, 5.41) is 6.24. The number of carbonyl (C=O) groups excluding carboxylic acids is 3. The number of aromatic nitrogens is 2. The Bertz CT molecular complexity index is 1210. The smallest absolute Gasteiger partial charge is 0.262 e. The molecule has 3 aromatic rings. The third-order valence-corrected chi connectivity index (χ3v) is 6.33. The van der Waals surface area contributed by atoms with Crippen molar-refractivity contribution in [2.75, 3.05) is 29.9 Å². The highest BCUT2D eigenvalue weighted by Crippen LogP contribution is 2.27. The predicted octanol–water partition coefficient (Wildman–Crippen LogP) is 3.42. The average molecular weight is 510 g/mol. The van der Waals surface area contributed by atoms with Gasteiger partial charge in [-0.2, -0.15) is 0 Å². The SMILES string of the molecule is Cc1ccc(NC(=O)COc2ccc(N3C[C@H](C(=O)NCCCn4ccnc4)CC3=O)cc2)cc1Cl. The van der Waals surface area contributed by atoms with Crippen LogP contribution in [-0.4, -0.2) is 47.0 Å². The second kappa shape index (κ2) is 11.7. The minimum absolute atomic E-state index is 0.0987. The summed E-state index contributed by atoms with van der Waals surface area (Å²) in [7, 11) is 0. The molecule has 3 amide bonds. The number of carbonyl (C=O) groups is 3. The fourth-order valence-corrected chi connectivity index (χ4v) is 4.09. The van der Waals surface area contributed by atoms with Crippen molar-refractivity contribution in [3.63, 3.8) is 0 Å². The first-order valence-corrected chi connectivity index (χ1v) is 12.1. The van der Waals surface area contributed by atoms with Crippen LogP contribution in [0.5, 0.6) is 5.75 Å². The van der Waals surface area contributed by atoms with Crippen molar-refractivity contribution in [1.29, 1.82) is 0 Å². The van der Waals surface area contributed by atoms with E-state index >= 15 is 0 Å². The number of rotatable bonds is 10. The maximum atomic E-state index is 12.5. The summed E-state index contributed by atoms with van der Waals surface area (Å²) in [5.74, 6) is -0.418. The molecule has 2 N–H and O–H groups in total. The first kappa shape index (κ1) is 25.2. The molecule has 188 valence electrons. The summed E-state index contributed by atoms with van der Waals surface area (Å²) in [4.78, 5) is 42.8. The Morgan fingerprint density at radius 2 is 2.00 bits per heavy atom. The van der Waals surface area contributed by atoms with Crippen molar-refractivity contribution >= 4 is 40.7 Å². The van der Waals surface area contributed by atoms with Gasteiger partial charge in [0, 0.05) is 54.8 Å². The van der Waals surface area contributed by atoms with Gasteiger partial charge in [0.2, 0.25) is 11.8 Å². The molecule has 0 saturated carbocycles. The highest BCUT2D eigenvalue weighted by atomic mass is 35.5. The Morgan fingerprint density at radius 3 is 2.72 bits per heavy atom. The summed E-state index contributed by atoms with van der Waals surface area (Å²) >= 11 is 6.09. The molecule has 1 aromatic heterocycles. The fraction of sp³-hybridized carbons (Fsp3) is 0.308. The lowest BCUT2D eigenvalue weighted by Gasteiger charge is -2.17. The number of aryl methyl sites for hydroxylation is 2. The maximum absolute atomic E-state index is 12.5. The van der Waals surface area contributed by atoms with Gasteiger partial charge in [0.25, 0.3) is 5.91 Å². The molecule has 10 heteroatoms. The van der Waals surface area contributed by atoms with Gasteiger partial charge in [0.1, 0.15) is 5.75 Å². The quantitative estimate of drug-likeness (QED) is 0.407. The molecule has 1 aliphatic rings. The van der Waals surface area contributed by atoms with Crippen LogP contribution >= 0.6 is 11.6 Å². The molecule has 0 radical (unpaired) electrons. The third-order valence-electron chi connectivity index (χ3n) is 5.92. The zero-order chi connectivity index (χ0) is 25.5. The van der Waals surface area contributed by atoms with E-state index in [1.54, 1.807) is 53.8 Å². The van der Waals surface area contributed by atoms with Crippen LogP contribution < -0.4 is 20.3 Å². The number of benzene rings is 2. The lowest BCUT2D eigenvalue weighted by molar-refractivity contribution is -0.126. The van der Waals surface area contributed by atoms with E-state index in [9.17, 15) is 14.4 Å².